The van der Waals surface area contributed by atoms with Crippen LogP contribution in [0.3, 0.4) is 0 Å². The zero-order valence-electron chi connectivity index (χ0n) is 5.22. The van der Waals surface area contributed by atoms with Gasteiger partial charge in [-0.25, -0.2) is 9.89 Å². The van der Waals surface area contributed by atoms with Crippen LogP contribution in [-0.2, 0) is 0 Å². The minimum absolute atomic E-state index is 0. The monoisotopic (exact) mass is 126 g/mol. The standard InChI is InChI=1S/C2H2N2O3.Na.H/c5-1-2(6)7-4-3-1;;/h4H,(H,3,5);;/q;+1;-1. The van der Waals surface area contributed by atoms with Crippen molar-refractivity contribution < 1.29 is 35.5 Å². The van der Waals surface area contributed by atoms with Crippen LogP contribution in [-0.4, -0.2) is 10.4 Å². The molecule has 1 aromatic heterocycles. The van der Waals surface area contributed by atoms with Crippen LogP contribution in [0.2, 0.25) is 0 Å². The van der Waals surface area contributed by atoms with E-state index in [1.165, 1.54) is 0 Å². The normalized spacial score (nSPS) is 8.00. The molecule has 0 fully saturated rings. The second-order valence-corrected chi connectivity index (χ2v) is 0.946. The van der Waals surface area contributed by atoms with E-state index < -0.39 is 11.2 Å². The van der Waals surface area contributed by atoms with E-state index in [4.69, 9.17) is 0 Å². The van der Waals surface area contributed by atoms with Gasteiger partial charge in [0.15, 0.2) is 0 Å². The molecule has 0 saturated heterocycles. The van der Waals surface area contributed by atoms with Crippen molar-refractivity contribution in [2.24, 2.45) is 0 Å². The van der Waals surface area contributed by atoms with Crippen molar-refractivity contribution in [3.8, 4) is 0 Å². The fourth-order valence-corrected chi connectivity index (χ4v) is 0.216. The molecule has 0 aliphatic rings. The van der Waals surface area contributed by atoms with Gasteiger partial charge >= 0.3 is 40.7 Å². The molecule has 0 aromatic carbocycles. The van der Waals surface area contributed by atoms with Gasteiger partial charge in [-0.15, -0.1) is 0 Å². The number of rotatable bonds is 0. The van der Waals surface area contributed by atoms with E-state index in [0.717, 1.165) is 0 Å². The maximum absolute atomic E-state index is 9.93. The first kappa shape index (κ1) is 7.74. The maximum atomic E-state index is 9.93. The molecular weight excluding hydrogens is 123 g/mol. The molecule has 0 spiro atoms. The van der Waals surface area contributed by atoms with Crippen LogP contribution < -0.4 is 40.7 Å². The molecule has 8 heavy (non-hydrogen) atoms. The molecule has 40 valence electrons. The predicted molar refractivity (Wildman–Crippen MR) is 21.1 cm³/mol. The number of hydrogen-bond donors (Lipinski definition) is 2. The van der Waals surface area contributed by atoms with Crippen LogP contribution in [0.4, 0.5) is 0 Å². The summed E-state index contributed by atoms with van der Waals surface area (Å²) in [4.78, 5) is 19.8. The van der Waals surface area contributed by atoms with Crippen molar-refractivity contribution in [2.75, 3.05) is 0 Å². The molecule has 6 heteroatoms. The largest absolute Gasteiger partial charge is 1.00 e. The SMILES string of the molecule is O=c1[nH][nH]oc1=O.[H-].[Na+]. The number of hydrogen-bond acceptors (Lipinski definition) is 3. The zero-order chi connectivity index (χ0) is 5.28. The Kier molecular flexibility index (Phi) is 2.81. The summed E-state index contributed by atoms with van der Waals surface area (Å²) in [6.45, 7) is 0. The Morgan fingerprint density at radius 1 is 1.50 bits per heavy atom. The van der Waals surface area contributed by atoms with Gasteiger partial charge in [0.05, 0.1) is 0 Å². The van der Waals surface area contributed by atoms with Gasteiger partial charge < -0.3 is 5.95 Å². The molecule has 5 nitrogen and oxygen atoms in total. The van der Waals surface area contributed by atoms with E-state index in [1.807, 2.05) is 10.4 Å². The van der Waals surface area contributed by atoms with Gasteiger partial charge in [0.25, 0.3) is 0 Å². The van der Waals surface area contributed by atoms with Crippen molar-refractivity contribution >= 4 is 0 Å². The summed E-state index contributed by atoms with van der Waals surface area (Å²) in [5.74, 6) is 0. The van der Waals surface area contributed by atoms with E-state index in [2.05, 4.69) is 4.52 Å². The van der Waals surface area contributed by atoms with Crippen LogP contribution in [0.1, 0.15) is 1.43 Å². The fraction of sp³-hybridized carbons (Fsp3) is 0. The molecule has 0 saturated carbocycles. The maximum Gasteiger partial charge on any atom is 1.00 e. The van der Waals surface area contributed by atoms with Crippen LogP contribution >= 0.6 is 0 Å². The van der Waals surface area contributed by atoms with Crippen molar-refractivity contribution in [3.63, 3.8) is 0 Å². The van der Waals surface area contributed by atoms with Crippen LogP contribution in [0.15, 0.2) is 14.1 Å². The number of aromatic amines is 2. The molecule has 1 rings (SSSR count). The van der Waals surface area contributed by atoms with Crippen molar-refractivity contribution in [3.05, 3.63) is 20.8 Å². The summed E-state index contributed by atoms with van der Waals surface area (Å²) in [6, 6.07) is 0. The molecule has 1 aromatic rings. The summed E-state index contributed by atoms with van der Waals surface area (Å²) in [5.41, 5.74) is -1.67. The Bertz CT molecular complexity index is 224. The molecule has 0 aliphatic carbocycles. The fourth-order valence-electron chi connectivity index (χ4n) is 0.216. The van der Waals surface area contributed by atoms with Gasteiger partial charge in [0.2, 0.25) is 0 Å². The zero-order valence-corrected chi connectivity index (χ0v) is 6.22. The number of H-pyrrole nitrogens is 2. The van der Waals surface area contributed by atoms with E-state index in [-0.39, 0.29) is 31.0 Å². The first-order valence-electron chi connectivity index (χ1n) is 1.57. The summed E-state index contributed by atoms with van der Waals surface area (Å²) in [5, 5.41) is 3.78. The summed E-state index contributed by atoms with van der Waals surface area (Å²) < 4.78 is 3.92. The second kappa shape index (κ2) is 2.91. The van der Waals surface area contributed by atoms with Crippen LogP contribution in [0, 0.1) is 0 Å². The first-order valence-corrected chi connectivity index (χ1v) is 1.57. The average Bonchev–Trinajstić information content (AvgIpc) is 1.91. The Labute approximate surface area is 66.8 Å². The molecule has 0 amide bonds. The molecule has 1 heterocycles. The molecule has 0 aliphatic heterocycles. The quantitative estimate of drug-likeness (QED) is 0.273. The van der Waals surface area contributed by atoms with Crippen LogP contribution in [0.25, 0.3) is 0 Å². The molecule has 2 N–H and O–H groups in total. The van der Waals surface area contributed by atoms with Gasteiger partial charge in [0, 0.05) is 0 Å². The minimum atomic E-state index is -0.903. The van der Waals surface area contributed by atoms with E-state index in [9.17, 15) is 9.59 Å². The second-order valence-electron chi connectivity index (χ2n) is 0.946. The van der Waals surface area contributed by atoms with Crippen molar-refractivity contribution in [1.82, 2.24) is 10.4 Å². The summed E-state index contributed by atoms with van der Waals surface area (Å²) >= 11 is 0. The molecule has 0 bridgehead atoms. The van der Waals surface area contributed by atoms with E-state index in [1.54, 1.807) is 0 Å². The molecule has 0 radical (unpaired) electrons. The third-order valence-electron chi connectivity index (χ3n) is 0.494. The van der Waals surface area contributed by atoms with E-state index in [0.29, 0.717) is 0 Å². The Morgan fingerprint density at radius 3 is 2.25 bits per heavy atom. The Balaban J connectivity index is 0. The third kappa shape index (κ3) is 1.36. The van der Waals surface area contributed by atoms with Gasteiger partial charge in [-0.05, 0) is 0 Å². The average molecular weight is 126 g/mol. The first-order chi connectivity index (χ1) is 3.30. The van der Waals surface area contributed by atoms with Gasteiger partial charge in [-0.3, -0.25) is 4.79 Å². The van der Waals surface area contributed by atoms with Gasteiger partial charge in [0.1, 0.15) is 0 Å². The van der Waals surface area contributed by atoms with Gasteiger partial charge in [-0.2, -0.15) is 5.27 Å². The van der Waals surface area contributed by atoms with Gasteiger partial charge in [-0.1, -0.05) is 0 Å². The smallest absolute Gasteiger partial charge is 1.00 e. The van der Waals surface area contributed by atoms with Crippen LogP contribution in [0.5, 0.6) is 0 Å². The molecular formula is C2H3N2NaO3. The Hall–Kier alpha value is -0.260. The van der Waals surface area contributed by atoms with Crippen molar-refractivity contribution in [2.45, 2.75) is 0 Å². The molecule has 0 atom stereocenters. The summed E-state index contributed by atoms with van der Waals surface area (Å²) in [7, 11) is 0. The number of nitrogens with one attached hydrogen (secondary N) is 2. The van der Waals surface area contributed by atoms with E-state index >= 15 is 0 Å². The molecule has 0 unspecified atom stereocenters. The van der Waals surface area contributed by atoms with Crippen molar-refractivity contribution in [1.29, 1.82) is 0 Å². The Morgan fingerprint density at radius 2 is 2.12 bits per heavy atom. The third-order valence-corrected chi connectivity index (χ3v) is 0.494. The minimum Gasteiger partial charge on any atom is -1.00 e. The predicted octanol–water partition coefficient (Wildman–Crippen LogP) is -4.23. The topological polar surface area (TPSA) is 78.9 Å². The number of aromatic nitrogens is 2. The summed E-state index contributed by atoms with van der Waals surface area (Å²) in [6.07, 6.45) is 0.